The molecule has 0 spiro atoms. The van der Waals surface area contributed by atoms with Gasteiger partial charge in [-0.2, -0.15) is 0 Å². The van der Waals surface area contributed by atoms with Gasteiger partial charge in [0.05, 0.1) is 12.1 Å². The number of carbonyl (C=O) groups is 1. The second-order valence-corrected chi connectivity index (χ2v) is 5.80. The lowest BCUT2D eigenvalue weighted by Gasteiger charge is -2.33. The maximum absolute atomic E-state index is 11.7. The molecule has 2 aliphatic rings. The fraction of sp³-hybridized carbons (Fsp3) is 0.929. The first-order valence-corrected chi connectivity index (χ1v) is 7.33. The number of rotatable bonds is 4. The van der Waals surface area contributed by atoms with Crippen LogP contribution >= 0.6 is 0 Å². The normalized spacial score (nSPS) is 24.4. The van der Waals surface area contributed by atoms with Crippen molar-refractivity contribution in [1.29, 1.82) is 0 Å². The van der Waals surface area contributed by atoms with Gasteiger partial charge in [0, 0.05) is 19.7 Å². The lowest BCUT2D eigenvalue weighted by Crippen LogP contribution is -2.47. The minimum Gasteiger partial charge on any atom is -0.378 e. The van der Waals surface area contributed by atoms with E-state index in [4.69, 9.17) is 10.5 Å². The van der Waals surface area contributed by atoms with Gasteiger partial charge in [0.2, 0.25) is 5.91 Å². The summed E-state index contributed by atoms with van der Waals surface area (Å²) in [6.07, 6.45) is 7.69. The van der Waals surface area contributed by atoms with E-state index in [0.29, 0.717) is 6.10 Å². The van der Waals surface area contributed by atoms with Crippen LogP contribution in [0.4, 0.5) is 0 Å². The number of hydrogen-bond acceptors (Lipinski definition) is 3. The Bertz CT molecular complexity index is 267. The van der Waals surface area contributed by atoms with Crippen LogP contribution in [0.25, 0.3) is 0 Å². The van der Waals surface area contributed by atoms with Crippen molar-refractivity contribution in [1.82, 2.24) is 4.90 Å². The van der Waals surface area contributed by atoms with Crippen molar-refractivity contribution < 1.29 is 9.53 Å². The van der Waals surface area contributed by atoms with Crippen molar-refractivity contribution >= 4 is 5.91 Å². The molecule has 104 valence electrons. The Morgan fingerprint density at radius 1 is 1.28 bits per heavy atom. The van der Waals surface area contributed by atoms with Crippen molar-refractivity contribution in [2.45, 2.75) is 57.6 Å². The standard InChI is InChI=1S/C14H26N2O2/c1-11(15)14(17)16-8-6-13(7-9-16)18-10-12-4-2-3-5-12/h11-13H,2-10,15H2,1H3/t11-/m1/s1. The zero-order valence-corrected chi connectivity index (χ0v) is 11.4. The van der Waals surface area contributed by atoms with Gasteiger partial charge in [0.25, 0.3) is 0 Å². The quantitative estimate of drug-likeness (QED) is 0.828. The van der Waals surface area contributed by atoms with Crippen molar-refractivity contribution in [3.63, 3.8) is 0 Å². The van der Waals surface area contributed by atoms with E-state index < -0.39 is 0 Å². The maximum atomic E-state index is 11.7. The van der Waals surface area contributed by atoms with Gasteiger partial charge in [-0.3, -0.25) is 4.79 Å². The number of piperidine rings is 1. The molecule has 0 aromatic heterocycles. The molecule has 4 heteroatoms. The molecule has 1 aliphatic heterocycles. The molecule has 1 saturated heterocycles. The first-order valence-electron chi connectivity index (χ1n) is 7.33. The number of nitrogens with zero attached hydrogens (tertiary/aromatic N) is 1. The van der Waals surface area contributed by atoms with Gasteiger partial charge >= 0.3 is 0 Å². The number of amides is 1. The van der Waals surface area contributed by atoms with E-state index in [0.717, 1.165) is 38.5 Å². The van der Waals surface area contributed by atoms with E-state index in [1.807, 2.05) is 4.90 Å². The highest BCUT2D eigenvalue weighted by atomic mass is 16.5. The summed E-state index contributed by atoms with van der Waals surface area (Å²) in [5.74, 6) is 0.859. The molecular formula is C14H26N2O2. The molecular weight excluding hydrogens is 228 g/mol. The molecule has 4 nitrogen and oxygen atoms in total. The Labute approximate surface area is 110 Å². The van der Waals surface area contributed by atoms with Crippen molar-refractivity contribution in [2.24, 2.45) is 11.7 Å². The van der Waals surface area contributed by atoms with Gasteiger partial charge < -0.3 is 15.4 Å². The van der Waals surface area contributed by atoms with Crippen LogP contribution < -0.4 is 5.73 Å². The molecule has 2 rings (SSSR count). The largest absolute Gasteiger partial charge is 0.378 e. The predicted molar refractivity (Wildman–Crippen MR) is 71.2 cm³/mol. The van der Waals surface area contributed by atoms with Gasteiger partial charge in [-0.05, 0) is 38.5 Å². The second kappa shape index (κ2) is 6.53. The smallest absolute Gasteiger partial charge is 0.239 e. The van der Waals surface area contributed by atoms with Crippen molar-refractivity contribution in [2.75, 3.05) is 19.7 Å². The Kier molecular flexibility index (Phi) is 5.01. The van der Waals surface area contributed by atoms with E-state index in [2.05, 4.69) is 0 Å². The average Bonchev–Trinajstić information content (AvgIpc) is 2.89. The Morgan fingerprint density at radius 3 is 2.44 bits per heavy atom. The van der Waals surface area contributed by atoms with Crippen LogP contribution in [0.15, 0.2) is 0 Å². The maximum Gasteiger partial charge on any atom is 0.239 e. The highest BCUT2D eigenvalue weighted by molar-refractivity contribution is 5.81. The van der Waals surface area contributed by atoms with Crippen LogP contribution in [0.5, 0.6) is 0 Å². The summed E-state index contributed by atoms with van der Waals surface area (Å²) in [7, 11) is 0. The molecule has 0 unspecified atom stereocenters. The summed E-state index contributed by atoms with van der Waals surface area (Å²) >= 11 is 0. The lowest BCUT2D eigenvalue weighted by molar-refractivity contribution is -0.135. The summed E-state index contributed by atoms with van der Waals surface area (Å²) in [5.41, 5.74) is 5.62. The van der Waals surface area contributed by atoms with Gasteiger partial charge in [-0.25, -0.2) is 0 Å². The fourth-order valence-electron chi connectivity index (χ4n) is 2.98. The first kappa shape index (κ1) is 13.8. The molecule has 2 fully saturated rings. The predicted octanol–water partition coefficient (Wildman–Crippen LogP) is 1.53. The van der Waals surface area contributed by atoms with Crippen molar-refractivity contribution in [3.8, 4) is 0 Å². The summed E-state index contributed by atoms with van der Waals surface area (Å²) in [4.78, 5) is 13.6. The number of hydrogen-bond donors (Lipinski definition) is 1. The summed E-state index contributed by atoms with van der Waals surface area (Å²) in [6.45, 7) is 4.28. The fourth-order valence-corrected chi connectivity index (χ4v) is 2.98. The molecule has 1 heterocycles. The van der Waals surface area contributed by atoms with Gasteiger partial charge in [0.1, 0.15) is 0 Å². The van der Waals surface area contributed by atoms with Gasteiger partial charge in [-0.15, -0.1) is 0 Å². The molecule has 1 saturated carbocycles. The van der Waals surface area contributed by atoms with Crippen molar-refractivity contribution in [3.05, 3.63) is 0 Å². The highest BCUT2D eigenvalue weighted by Gasteiger charge is 2.25. The highest BCUT2D eigenvalue weighted by Crippen LogP contribution is 2.26. The van der Waals surface area contributed by atoms with E-state index in [1.165, 1.54) is 25.7 Å². The molecule has 2 N–H and O–H groups in total. The third-order valence-electron chi connectivity index (χ3n) is 4.19. The number of carbonyl (C=O) groups excluding carboxylic acids is 1. The van der Waals surface area contributed by atoms with Crippen LogP contribution in [0.2, 0.25) is 0 Å². The van der Waals surface area contributed by atoms with E-state index >= 15 is 0 Å². The molecule has 0 bridgehead atoms. The minimum absolute atomic E-state index is 0.0734. The van der Waals surface area contributed by atoms with Crippen LogP contribution in [0.1, 0.15) is 45.4 Å². The summed E-state index contributed by atoms with van der Waals surface area (Å²) < 4.78 is 5.99. The summed E-state index contributed by atoms with van der Waals surface area (Å²) in [6, 6.07) is -0.374. The van der Waals surface area contributed by atoms with Crippen LogP contribution in [-0.2, 0) is 9.53 Å². The average molecular weight is 254 g/mol. The third kappa shape index (κ3) is 3.69. The zero-order chi connectivity index (χ0) is 13.0. The first-order chi connectivity index (χ1) is 8.66. The van der Waals surface area contributed by atoms with E-state index in [-0.39, 0.29) is 11.9 Å². The second-order valence-electron chi connectivity index (χ2n) is 5.80. The third-order valence-corrected chi connectivity index (χ3v) is 4.19. The van der Waals surface area contributed by atoms with Crippen LogP contribution in [-0.4, -0.2) is 42.6 Å². The minimum atomic E-state index is -0.374. The Balaban J connectivity index is 1.65. The number of nitrogens with two attached hydrogens (primary N) is 1. The molecule has 1 amide bonds. The zero-order valence-electron chi connectivity index (χ0n) is 11.4. The molecule has 0 aromatic rings. The summed E-state index contributed by atoms with van der Waals surface area (Å²) in [5, 5.41) is 0. The monoisotopic (exact) mass is 254 g/mol. The van der Waals surface area contributed by atoms with Crippen LogP contribution in [0.3, 0.4) is 0 Å². The molecule has 1 aliphatic carbocycles. The van der Waals surface area contributed by atoms with Gasteiger partial charge in [0.15, 0.2) is 0 Å². The Morgan fingerprint density at radius 2 is 1.89 bits per heavy atom. The van der Waals surface area contributed by atoms with Gasteiger partial charge in [-0.1, -0.05) is 12.8 Å². The van der Waals surface area contributed by atoms with E-state index in [9.17, 15) is 4.79 Å². The number of ether oxygens (including phenoxy) is 1. The van der Waals surface area contributed by atoms with E-state index in [1.54, 1.807) is 6.92 Å². The molecule has 0 aromatic carbocycles. The topological polar surface area (TPSA) is 55.6 Å². The Hall–Kier alpha value is -0.610. The number of likely N-dealkylation sites (tertiary alicyclic amines) is 1. The molecule has 18 heavy (non-hydrogen) atoms. The molecule has 1 atom stereocenters. The van der Waals surface area contributed by atoms with Crippen LogP contribution in [0, 0.1) is 5.92 Å². The lowest BCUT2D eigenvalue weighted by atomic mass is 10.1. The molecule has 0 radical (unpaired) electrons. The SMILES string of the molecule is C[C@@H](N)C(=O)N1CCC(OCC2CCCC2)CC1.